The molecule has 4 heterocycles. The Balaban J connectivity index is 1.64. The molecular weight excluding hydrogens is 382 g/mol. The van der Waals surface area contributed by atoms with Gasteiger partial charge in [0.1, 0.15) is 16.8 Å². The van der Waals surface area contributed by atoms with Crippen molar-refractivity contribution in [1.29, 1.82) is 0 Å². The first-order chi connectivity index (χ1) is 13.4. The van der Waals surface area contributed by atoms with Gasteiger partial charge < -0.3 is 26.1 Å². The van der Waals surface area contributed by atoms with E-state index in [0.717, 1.165) is 38.2 Å². The number of aromatic nitrogens is 3. The second-order valence-electron chi connectivity index (χ2n) is 6.98. The van der Waals surface area contributed by atoms with E-state index in [1.165, 1.54) is 6.20 Å². The molecule has 28 heavy (non-hydrogen) atoms. The fraction of sp³-hybridized carbons (Fsp3) is 0.389. The first kappa shape index (κ1) is 18.6. The maximum atomic E-state index is 13.0. The summed E-state index contributed by atoms with van der Waals surface area (Å²) in [4.78, 5) is 19.3. The van der Waals surface area contributed by atoms with Crippen molar-refractivity contribution in [2.75, 3.05) is 29.0 Å². The summed E-state index contributed by atoms with van der Waals surface area (Å²) in [6.45, 7) is 1.66. The normalized spacial score (nSPS) is 17.7. The number of halogens is 1. The zero-order valence-electron chi connectivity index (χ0n) is 15.5. The summed E-state index contributed by atoms with van der Waals surface area (Å²) in [5.74, 6) is 0.421. The van der Waals surface area contributed by atoms with Crippen LogP contribution in [0.1, 0.15) is 29.6 Å². The lowest BCUT2D eigenvalue weighted by Gasteiger charge is -2.24. The third-order valence-corrected chi connectivity index (χ3v) is 5.18. The van der Waals surface area contributed by atoms with E-state index in [4.69, 9.17) is 27.5 Å². The summed E-state index contributed by atoms with van der Waals surface area (Å²) in [5.41, 5.74) is 13.5. The number of hydrogen-bond acceptors (Lipinski definition) is 7. The van der Waals surface area contributed by atoms with Crippen LogP contribution in [0, 0.1) is 0 Å². The second kappa shape index (κ2) is 7.33. The van der Waals surface area contributed by atoms with Gasteiger partial charge in [-0.1, -0.05) is 11.6 Å². The van der Waals surface area contributed by atoms with Crippen molar-refractivity contribution < 1.29 is 9.21 Å². The Kier molecular flexibility index (Phi) is 4.86. The minimum atomic E-state index is -0.410. The molecule has 5 N–H and O–H groups in total. The predicted molar refractivity (Wildman–Crippen MR) is 109 cm³/mol. The predicted octanol–water partition coefficient (Wildman–Crippen LogP) is 2.37. The number of furan rings is 1. The molecular formula is C18H22ClN7O2. The molecule has 3 aromatic heterocycles. The van der Waals surface area contributed by atoms with Gasteiger partial charge in [-0.15, -0.1) is 0 Å². The third-order valence-electron chi connectivity index (χ3n) is 4.98. The molecule has 0 spiro atoms. The number of amides is 1. The van der Waals surface area contributed by atoms with E-state index in [-0.39, 0.29) is 17.5 Å². The number of nitrogens with two attached hydrogens (primary N) is 2. The number of pyridine rings is 1. The second-order valence-corrected chi connectivity index (χ2v) is 7.42. The van der Waals surface area contributed by atoms with Gasteiger partial charge in [0.05, 0.1) is 11.2 Å². The Morgan fingerprint density at radius 1 is 1.36 bits per heavy atom. The van der Waals surface area contributed by atoms with Gasteiger partial charge in [0, 0.05) is 38.4 Å². The van der Waals surface area contributed by atoms with E-state index >= 15 is 0 Å². The summed E-state index contributed by atoms with van der Waals surface area (Å²) in [6.07, 6.45) is 5.94. The number of nitrogens with zero attached hydrogens (tertiary/aromatic N) is 4. The molecule has 1 amide bonds. The molecule has 0 saturated carbocycles. The Hall–Kier alpha value is -2.78. The molecule has 0 bridgehead atoms. The smallest absolute Gasteiger partial charge is 0.263 e. The Bertz CT molecular complexity index is 1030. The highest BCUT2D eigenvalue weighted by Gasteiger charge is 2.25. The van der Waals surface area contributed by atoms with Crippen LogP contribution in [-0.4, -0.2) is 39.8 Å². The van der Waals surface area contributed by atoms with Crippen molar-refractivity contribution in [1.82, 2.24) is 14.8 Å². The van der Waals surface area contributed by atoms with E-state index < -0.39 is 5.91 Å². The van der Waals surface area contributed by atoms with Crippen LogP contribution in [0.15, 0.2) is 22.9 Å². The lowest BCUT2D eigenvalue weighted by molar-refractivity contribution is 0.102. The largest absolute Gasteiger partial charge is 0.438 e. The van der Waals surface area contributed by atoms with Crippen LogP contribution in [0.5, 0.6) is 0 Å². The molecule has 1 saturated heterocycles. The Labute approximate surface area is 166 Å². The van der Waals surface area contributed by atoms with E-state index in [1.54, 1.807) is 16.9 Å². The zero-order chi connectivity index (χ0) is 19.8. The lowest BCUT2D eigenvalue weighted by atomic mass is 10.1. The first-order valence-electron chi connectivity index (χ1n) is 9.11. The summed E-state index contributed by atoms with van der Waals surface area (Å²) in [7, 11) is 1.85. The SMILES string of the molecule is Cn1ncc(NC(=O)c2c(N)oc3cc(Cl)cnc23)c1N1CCC[C@@H](N)CC1. The summed E-state index contributed by atoms with van der Waals surface area (Å²) in [5, 5.41) is 7.62. The zero-order valence-corrected chi connectivity index (χ0v) is 16.2. The fourth-order valence-electron chi connectivity index (χ4n) is 3.60. The molecule has 148 valence electrons. The molecule has 0 aliphatic carbocycles. The number of anilines is 3. The van der Waals surface area contributed by atoms with Crippen molar-refractivity contribution in [3.63, 3.8) is 0 Å². The van der Waals surface area contributed by atoms with Crippen LogP contribution >= 0.6 is 11.6 Å². The van der Waals surface area contributed by atoms with Crippen molar-refractivity contribution in [3.05, 3.63) is 29.0 Å². The van der Waals surface area contributed by atoms with Gasteiger partial charge in [-0.25, -0.2) is 0 Å². The van der Waals surface area contributed by atoms with E-state index in [9.17, 15) is 4.79 Å². The van der Waals surface area contributed by atoms with Crippen molar-refractivity contribution >= 4 is 46.0 Å². The monoisotopic (exact) mass is 403 g/mol. The first-order valence-corrected chi connectivity index (χ1v) is 9.49. The van der Waals surface area contributed by atoms with Crippen LogP contribution in [-0.2, 0) is 7.05 Å². The number of rotatable bonds is 3. The maximum Gasteiger partial charge on any atom is 0.263 e. The Morgan fingerprint density at radius 2 is 2.18 bits per heavy atom. The topological polar surface area (TPSA) is 128 Å². The molecule has 1 fully saturated rings. The van der Waals surface area contributed by atoms with Crippen molar-refractivity contribution in [3.8, 4) is 0 Å². The van der Waals surface area contributed by atoms with Gasteiger partial charge in [-0.05, 0) is 19.3 Å². The minimum Gasteiger partial charge on any atom is -0.438 e. The summed E-state index contributed by atoms with van der Waals surface area (Å²) < 4.78 is 7.19. The molecule has 1 aliphatic heterocycles. The Morgan fingerprint density at radius 3 is 3.00 bits per heavy atom. The van der Waals surface area contributed by atoms with Crippen LogP contribution in [0.2, 0.25) is 5.02 Å². The lowest BCUT2D eigenvalue weighted by Crippen LogP contribution is -2.29. The summed E-state index contributed by atoms with van der Waals surface area (Å²) in [6, 6.07) is 1.78. The van der Waals surface area contributed by atoms with Crippen LogP contribution in [0.4, 0.5) is 17.4 Å². The highest BCUT2D eigenvalue weighted by atomic mass is 35.5. The van der Waals surface area contributed by atoms with Crippen LogP contribution < -0.4 is 21.7 Å². The van der Waals surface area contributed by atoms with Crippen LogP contribution in [0.3, 0.4) is 0 Å². The maximum absolute atomic E-state index is 13.0. The number of nitrogen functional groups attached to an aromatic ring is 1. The van der Waals surface area contributed by atoms with Gasteiger partial charge in [-0.3, -0.25) is 14.5 Å². The number of carbonyl (C=O) groups excluding carboxylic acids is 1. The molecule has 1 atom stereocenters. The molecule has 9 nitrogen and oxygen atoms in total. The number of aryl methyl sites for hydroxylation is 1. The standard InChI is InChI=1S/C18H22ClN7O2/c1-25-18(26-5-2-3-11(20)4-6-26)12(9-23-25)24-17(27)14-15-13(28-16(14)21)7-10(19)8-22-15/h7-9,11H,2-6,20-21H2,1H3,(H,24,27)/t11-/m1/s1. The fourth-order valence-corrected chi connectivity index (χ4v) is 3.75. The van der Waals surface area contributed by atoms with E-state index in [0.29, 0.717) is 21.8 Å². The number of nitrogens with one attached hydrogen (secondary N) is 1. The molecule has 0 aromatic carbocycles. The van der Waals surface area contributed by atoms with E-state index in [1.807, 2.05) is 7.05 Å². The van der Waals surface area contributed by atoms with Crippen molar-refractivity contribution in [2.24, 2.45) is 12.8 Å². The number of hydrogen-bond donors (Lipinski definition) is 3. The van der Waals surface area contributed by atoms with Crippen LogP contribution in [0.25, 0.3) is 11.1 Å². The highest BCUT2D eigenvalue weighted by molar-refractivity contribution is 6.31. The van der Waals surface area contributed by atoms with Gasteiger partial charge >= 0.3 is 0 Å². The molecule has 10 heteroatoms. The molecule has 0 unspecified atom stereocenters. The quantitative estimate of drug-likeness (QED) is 0.612. The molecule has 0 radical (unpaired) electrons. The molecule has 4 rings (SSSR count). The van der Waals surface area contributed by atoms with E-state index in [2.05, 4.69) is 20.3 Å². The van der Waals surface area contributed by atoms with Crippen molar-refractivity contribution in [2.45, 2.75) is 25.3 Å². The minimum absolute atomic E-state index is 0.00606. The number of fused-ring (bicyclic) bond motifs is 1. The number of carbonyl (C=O) groups is 1. The van der Waals surface area contributed by atoms with Gasteiger partial charge in [0.2, 0.25) is 5.88 Å². The average Bonchev–Trinajstić information content (AvgIpc) is 3.07. The molecule has 1 aliphatic rings. The highest BCUT2D eigenvalue weighted by Crippen LogP contribution is 2.31. The molecule has 3 aromatic rings. The third kappa shape index (κ3) is 3.38. The van der Waals surface area contributed by atoms with Gasteiger partial charge in [-0.2, -0.15) is 5.10 Å². The average molecular weight is 404 g/mol. The summed E-state index contributed by atoms with van der Waals surface area (Å²) >= 11 is 5.93. The van der Waals surface area contributed by atoms with Gasteiger partial charge in [0.15, 0.2) is 11.4 Å². The van der Waals surface area contributed by atoms with Gasteiger partial charge in [0.25, 0.3) is 5.91 Å².